The van der Waals surface area contributed by atoms with E-state index in [1.54, 1.807) is 0 Å². The molecule has 0 aromatic heterocycles. The van der Waals surface area contributed by atoms with Crippen LogP contribution in [0, 0.1) is 0 Å². The second-order valence-electron chi connectivity index (χ2n) is 8.55. The van der Waals surface area contributed by atoms with E-state index in [9.17, 15) is 0 Å². The van der Waals surface area contributed by atoms with Gasteiger partial charge in [0, 0.05) is 30.7 Å². The number of benzene rings is 3. The molecule has 1 fully saturated rings. The Kier molecular flexibility index (Phi) is 8.47. The molecule has 0 amide bonds. The number of ether oxygens (including phenoxy) is 1. The van der Waals surface area contributed by atoms with Gasteiger partial charge in [-0.2, -0.15) is 0 Å². The highest BCUT2D eigenvalue weighted by atomic mass is 32.1. The molecule has 0 spiro atoms. The predicted molar refractivity (Wildman–Crippen MR) is 141 cm³/mol. The van der Waals surface area contributed by atoms with E-state index < -0.39 is 0 Å². The van der Waals surface area contributed by atoms with Crippen LogP contribution < -0.4 is 10.6 Å². The molecule has 1 aliphatic rings. The van der Waals surface area contributed by atoms with Crippen LogP contribution in [-0.2, 0) is 10.2 Å². The number of morpholine rings is 1. The quantitative estimate of drug-likeness (QED) is 0.437. The molecule has 0 saturated carbocycles. The first kappa shape index (κ1) is 23.4. The number of anilines is 1. The van der Waals surface area contributed by atoms with Gasteiger partial charge in [-0.1, -0.05) is 78.9 Å². The molecule has 2 N–H and O–H groups in total. The molecular formula is C28H33N3OS. The molecule has 0 bridgehead atoms. The van der Waals surface area contributed by atoms with E-state index >= 15 is 0 Å². The highest BCUT2D eigenvalue weighted by Crippen LogP contribution is 2.36. The van der Waals surface area contributed by atoms with Crippen molar-refractivity contribution in [3.63, 3.8) is 0 Å². The zero-order valence-electron chi connectivity index (χ0n) is 19.1. The molecule has 5 heteroatoms. The Labute approximate surface area is 203 Å². The van der Waals surface area contributed by atoms with Crippen LogP contribution in [0.5, 0.6) is 0 Å². The maximum Gasteiger partial charge on any atom is 0.170 e. The van der Waals surface area contributed by atoms with Gasteiger partial charge in [0.25, 0.3) is 0 Å². The maximum atomic E-state index is 5.67. The number of rotatable bonds is 9. The monoisotopic (exact) mass is 459 g/mol. The van der Waals surface area contributed by atoms with E-state index in [2.05, 4.69) is 76.2 Å². The summed E-state index contributed by atoms with van der Waals surface area (Å²) in [6.45, 7) is 5.52. The standard InChI is InChI=1S/C28H33N3OS/c33-27(30-26-15-8-3-9-16-26)29-23-28(24-11-4-1-5-12-24,25-13-6-2-7-14-25)17-10-18-31-19-21-32-22-20-31/h1-9,11-16H,10,17-23H2,(H2,29,30,33). The van der Waals surface area contributed by atoms with Crippen LogP contribution in [0.2, 0.25) is 0 Å². The van der Waals surface area contributed by atoms with E-state index in [-0.39, 0.29) is 5.41 Å². The molecule has 3 aromatic rings. The molecule has 4 nitrogen and oxygen atoms in total. The number of para-hydroxylation sites is 1. The van der Waals surface area contributed by atoms with Crippen molar-refractivity contribution in [1.29, 1.82) is 0 Å². The van der Waals surface area contributed by atoms with Gasteiger partial charge in [-0.3, -0.25) is 4.90 Å². The average molecular weight is 460 g/mol. The van der Waals surface area contributed by atoms with Gasteiger partial charge < -0.3 is 15.4 Å². The first-order valence-electron chi connectivity index (χ1n) is 11.8. The Morgan fingerprint density at radius 2 is 1.36 bits per heavy atom. The molecule has 1 saturated heterocycles. The zero-order valence-corrected chi connectivity index (χ0v) is 19.9. The minimum atomic E-state index is -0.183. The minimum absolute atomic E-state index is 0.183. The first-order valence-corrected chi connectivity index (χ1v) is 12.2. The fourth-order valence-electron chi connectivity index (χ4n) is 4.62. The van der Waals surface area contributed by atoms with Crippen molar-refractivity contribution >= 4 is 23.0 Å². The molecule has 33 heavy (non-hydrogen) atoms. The molecule has 0 unspecified atom stereocenters. The molecule has 1 heterocycles. The normalized spacial score (nSPS) is 14.5. The molecule has 4 rings (SSSR count). The zero-order chi connectivity index (χ0) is 22.8. The molecule has 1 aliphatic heterocycles. The Bertz CT molecular complexity index is 936. The van der Waals surface area contributed by atoms with E-state index in [1.807, 2.05) is 30.3 Å². The molecule has 172 valence electrons. The van der Waals surface area contributed by atoms with Crippen LogP contribution in [0.25, 0.3) is 0 Å². The van der Waals surface area contributed by atoms with E-state index in [1.165, 1.54) is 11.1 Å². The van der Waals surface area contributed by atoms with Crippen molar-refractivity contribution in [1.82, 2.24) is 10.2 Å². The van der Waals surface area contributed by atoms with Crippen molar-refractivity contribution in [3.8, 4) is 0 Å². The van der Waals surface area contributed by atoms with Crippen molar-refractivity contribution in [2.24, 2.45) is 0 Å². The van der Waals surface area contributed by atoms with Gasteiger partial charge in [0.05, 0.1) is 13.2 Å². The first-order chi connectivity index (χ1) is 16.3. The van der Waals surface area contributed by atoms with E-state index in [0.29, 0.717) is 5.11 Å². The lowest BCUT2D eigenvalue weighted by Crippen LogP contribution is -2.44. The van der Waals surface area contributed by atoms with Crippen LogP contribution in [0.15, 0.2) is 91.0 Å². The van der Waals surface area contributed by atoms with Gasteiger partial charge >= 0.3 is 0 Å². The van der Waals surface area contributed by atoms with Gasteiger partial charge in [0.1, 0.15) is 0 Å². The SMILES string of the molecule is S=C(NCC(CCCN1CCOCC1)(c1ccccc1)c1ccccc1)Nc1ccccc1. The summed E-state index contributed by atoms with van der Waals surface area (Å²) in [4.78, 5) is 2.51. The number of hydrogen-bond donors (Lipinski definition) is 2. The lowest BCUT2D eigenvalue weighted by Gasteiger charge is -2.37. The number of hydrogen-bond acceptors (Lipinski definition) is 3. The van der Waals surface area contributed by atoms with Gasteiger partial charge in [0.2, 0.25) is 0 Å². The van der Waals surface area contributed by atoms with Crippen molar-refractivity contribution in [2.45, 2.75) is 18.3 Å². The summed E-state index contributed by atoms with van der Waals surface area (Å²) in [6.07, 6.45) is 2.13. The number of nitrogens with one attached hydrogen (secondary N) is 2. The summed E-state index contributed by atoms with van der Waals surface area (Å²) < 4.78 is 5.53. The predicted octanol–water partition coefficient (Wildman–Crippen LogP) is 5.07. The summed E-state index contributed by atoms with van der Waals surface area (Å²) in [5, 5.41) is 7.51. The third-order valence-corrected chi connectivity index (χ3v) is 6.66. The summed E-state index contributed by atoms with van der Waals surface area (Å²) in [6, 6.07) is 31.8. The Balaban J connectivity index is 1.55. The van der Waals surface area contributed by atoms with Gasteiger partial charge in [0.15, 0.2) is 5.11 Å². The van der Waals surface area contributed by atoms with Crippen molar-refractivity contribution in [3.05, 3.63) is 102 Å². The van der Waals surface area contributed by atoms with E-state index in [4.69, 9.17) is 17.0 Å². The Hall–Kier alpha value is -2.73. The van der Waals surface area contributed by atoms with Crippen LogP contribution in [0.3, 0.4) is 0 Å². The molecule has 3 aromatic carbocycles. The summed E-state index contributed by atoms with van der Waals surface area (Å²) in [7, 11) is 0. The average Bonchev–Trinajstić information content (AvgIpc) is 2.88. The fourth-order valence-corrected chi connectivity index (χ4v) is 4.81. The highest BCUT2D eigenvalue weighted by Gasteiger charge is 2.34. The molecule has 0 aliphatic carbocycles. The van der Waals surface area contributed by atoms with Crippen LogP contribution in [-0.4, -0.2) is 49.4 Å². The minimum Gasteiger partial charge on any atom is -0.379 e. The van der Waals surface area contributed by atoms with Crippen LogP contribution in [0.4, 0.5) is 5.69 Å². The fraction of sp³-hybridized carbons (Fsp3) is 0.321. The highest BCUT2D eigenvalue weighted by molar-refractivity contribution is 7.80. The number of nitrogens with zero attached hydrogens (tertiary/aromatic N) is 1. The number of thiocarbonyl (C=S) groups is 1. The molecular weight excluding hydrogens is 426 g/mol. The van der Waals surface area contributed by atoms with Crippen molar-refractivity contribution < 1.29 is 4.74 Å². The Morgan fingerprint density at radius 3 is 1.94 bits per heavy atom. The molecule has 0 atom stereocenters. The van der Waals surface area contributed by atoms with Gasteiger partial charge in [-0.05, 0) is 54.9 Å². The van der Waals surface area contributed by atoms with Crippen LogP contribution in [0.1, 0.15) is 24.0 Å². The van der Waals surface area contributed by atoms with Crippen molar-refractivity contribution in [2.75, 3.05) is 44.7 Å². The lowest BCUT2D eigenvalue weighted by atomic mass is 9.71. The summed E-state index contributed by atoms with van der Waals surface area (Å²) in [5.41, 5.74) is 3.44. The maximum absolute atomic E-state index is 5.67. The smallest absolute Gasteiger partial charge is 0.170 e. The van der Waals surface area contributed by atoms with E-state index in [0.717, 1.165) is 57.9 Å². The topological polar surface area (TPSA) is 36.5 Å². The molecule has 0 radical (unpaired) electrons. The Morgan fingerprint density at radius 1 is 0.818 bits per heavy atom. The largest absolute Gasteiger partial charge is 0.379 e. The van der Waals surface area contributed by atoms with Crippen LogP contribution >= 0.6 is 12.2 Å². The third-order valence-electron chi connectivity index (χ3n) is 6.42. The lowest BCUT2D eigenvalue weighted by molar-refractivity contribution is 0.0366. The summed E-state index contributed by atoms with van der Waals surface area (Å²) >= 11 is 5.67. The second-order valence-corrected chi connectivity index (χ2v) is 8.95. The van der Waals surface area contributed by atoms with Gasteiger partial charge in [-0.25, -0.2) is 0 Å². The van der Waals surface area contributed by atoms with Gasteiger partial charge in [-0.15, -0.1) is 0 Å². The third kappa shape index (κ3) is 6.41. The summed E-state index contributed by atoms with van der Waals surface area (Å²) in [5.74, 6) is 0. The second kappa shape index (κ2) is 11.9.